The molecule has 0 amide bonds. The van der Waals surface area contributed by atoms with Crippen molar-refractivity contribution in [2.75, 3.05) is 4.90 Å². The molecule has 54 heavy (non-hydrogen) atoms. The number of rotatable bonds is 7. The van der Waals surface area contributed by atoms with Gasteiger partial charge >= 0.3 is 0 Å². The summed E-state index contributed by atoms with van der Waals surface area (Å²) < 4.78 is 2.65. The highest BCUT2D eigenvalue weighted by Gasteiger charge is 2.22. The molecule has 10 aromatic rings. The van der Waals surface area contributed by atoms with Gasteiger partial charge in [0.2, 0.25) is 0 Å². The fourth-order valence-corrected chi connectivity index (χ4v) is 9.26. The molecule has 0 aliphatic carbocycles. The second-order valence-electron chi connectivity index (χ2n) is 13.6. The second kappa shape index (κ2) is 13.7. The molecule has 0 radical (unpaired) electrons. The van der Waals surface area contributed by atoms with Gasteiger partial charge in [-0.2, -0.15) is 0 Å². The monoisotopic (exact) mass is 705 g/mol. The van der Waals surface area contributed by atoms with Crippen LogP contribution >= 0.6 is 11.3 Å². The lowest BCUT2D eigenvalue weighted by Crippen LogP contribution is -2.12. The summed E-state index contributed by atoms with van der Waals surface area (Å²) in [6.07, 6.45) is 0. The van der Waals surface area contributed by atoms with Crippen molar-refractivity contribution in [3.05, 3.63) is 212 Å². The molecule has 0 aliphatic rings. The smallest absolute Gasteiger partial charge is 0.0540 e. The van der Waals surface area contributed by atoms with Gasteiger partial charge in [0.05, 0.1) is 11.4 Å². The first kappa shape index (κ1) is 32.0. The molecule has 10 rings (SSSR count). The molecule has 0 N–H and O–H groups in total. The van der Waals surface area contributed by atoms with Crippen LogP contribution in [0.2, 0.25) is 0 Å². The van der Waals surface area contributed by atoms with Gasteiger partial charge in [-0.3, -0.25) is 0 Å². The molecule has 254 valence electrons. The van der Waals surface area contributed by atoms with Crippen molar-refractivity contribution in [3.63, 3.8) is 0 Å². The molecule has 0 atom stereocenters. The molecule has 0 saturated heterocycles. The largest absolute Gasteiger partial charge is 0.309 e. The molecule has 1 nitrogen and oxygen atoms in total. The molecule has 2 heteroatoms. The van der Waals surface area contributed by atoms with E-state index in [2.05, 4.69) is 217 Å². The van der Waals surface area contributed by atoms with E-state index in [1.165, 1.54) is 75.5 Å². The standard InChI is InChI=1S/C52H35NS/c1-3-16-36(17-4-1)41-22-7-10-29-48(41)53(40-34-32-38(33-35-40)43-26-15-28-47-45-24-9-12-31-50(45)54-52(43)47)49-30-11-8-23-44(49)46-27-14-21-39-20-13-25-42(51(39)46)37-18-5-2-6-19-37/h1-35H. The zero-order chi connectivity index (χ0) is 35.8. The van der Waals surface area contributed by atoms with Gasteiger partial charge in [0.15, 0.2) is 0 Å². The Kier molecular flexibility index (Phi) is 8.09. The maximum Gasteiger partial charge on any atom is 0.0540 e. The first-order valence-corrected chi connectivity index (χ1v) is 19.3. The third kappa shape index (κ3) is 5.56. The van der Waals surface area contributed by atoms with Crippen LogP contribution in [0.4, 0.5) is 17.1 Å². The Hall–Kier alpha value is -6.74. The Morgan fingerprint density at radius 3 is 1.56 bits per heavy atom. The van der Waals surface area contributed by atoms with Crippen LogP contribution in [0.5, 0.6) is 0 Å². The van der Waals surface area contributed by atoms with Crippen LogP contribution in [0.15, 0.2) is 212 Å². The zero-order valence-electron chi connectivity index (χ0n) is 29.6. The van der Waals surface area contributed by atoms with E-state index in [0.29, 0.717) is 0 Å². The maximum atomic E-state index is 2.45. The lowest BCUT2D eigenvalue weighted by molar-refractivity contribution is 1.28. The van der Waals surface area contributed by atoms with Crippen molar-refractivity contribution in [2.24, 2.45) is 0 Å². The zero-order valence-corrected chi connectivity index (χ0v) is 30.4. The van der Waals surface area contributed by atoms with E-state index in [1.807, 2.05) is 11.3 Å². The third-order valence-corrected chi connectivity index (χ3v) is 11.7. The van der Waals surface area contributed by atoms with Crippen LogP contribution in [-0.4, -0.2) is 0 Å². The molecule has 9 aromatic carbocycles. The van der Waals surface area contributed by atoms with Crippen LogP contribution in [-0.2, 0) is 0 Å². The highest BCUT2D eigenvalue weighted by molar-refractivity contribution is 7.26. The van der Waals surface area contributed by atoms with Crippen molar-refractivity contribution in [1.29, 1.82) is 0 Å². The Morgan fingerprint density at radius 2 is 0.815 bits per heavy atom. The predicted octanol–water partition coefficient (Wildman–Crippen LogP) is 15.3. The Morgan fingerprint density at radius 1 is 0.315 bits per heavy atom. The topological polar surface area (TPSA) is 3.24 Å². The Labute approximate surface area is 319 Å². The number of anilines is 3. The highest BCUT2D eigenvalue weighted by atomic mass is 32.1. The number of hydrogen-bond donors (Lipinski definition) is 0. The Bertz CT molecular complexity index is 2920. The van der Waals surface area contributed by atoms with Gasteiger partial charge in [-0.1, -0.05) is 182 Å². The molecule has 0 aliphatic heterocycles. The fourth-order valence-electron chi connectivity index (χ4n) is 8.02. The molecule has 1 aromatic heterocycles. The summed E-state index contributed by atoms with van der Waals surface area (Å²) in [6.45, 7) is 0. The van der Waals surface area contributed by atoms with Gasteiger partial charge in [0.25, 0.3) is 0 Å². The number of fused-ring (bicyclic) bond motifs is 4. The summed E-state index contributed by atoms with van der Waals surface area (Å²) in [5, 5.41) is 5.11. The maximum absolute atomic E-state index is 2.45. The van der Waals surface area contributed by atoms with Crippen LogP contribution in [0, 0.1) is 0 Å². The summed E-state index contributed by atoms with van der Waals surface area (Å²) in [7, 11) is 0. The first-order chi connectivity index (χ1) is 26.8. The summed E-state index contributed by atoms with van der Waals surface area (Å²) >= 11 is 1.88. The van der Waals surface area contributed by atoms with E-state index in [1.54, 1.807) is 0 Å². The minimum atomic E-state index is 1.10. The predicted molar refractivity (Wildman–Crippen MR) is 233 cm³/mol. The van der Waals surface area contributed by atoms with Crippen molar-refractivity contribution >= 4 is 59.3 Å². The number of nitrogens with zero attached hydrogens (tertiary/aromatic N) is 1. The van der Waals surface area contributed by atoms with Crippen LogP contribution in [0.1, 0.15) is 0 Å². The van der Waals surface area contributed by atoms with Crippen LogP contribution in [0.3, 0.4) is 0 Å². The normalized spacial score (nSPS) is 11.3. The van der Waals surface area contributed by atoms with E-state index in [-0.39, 0.29) is 0 Å². The van der Waals surface area contributed by atoms with Gasteiger partial charge in [0.1, 0.15) is 0 Å². The summed E-state index contributed by atoms with van der Waals surface area (Å²) in [6, 6.07) is 77.1. The van der Waals surface area contributed by atoms with Crippen LogP contribution < -0.4 is 4.90 Å². The number of thiophene rings is 1. The quantitative estimate of drug-likeness (QED) is 0.160. The van der Waals surface area contributed by atoms with Crippen molar-refractivity contribution in [1.82, 2.24) is 0 Å². The van der Waals surface area contributed by atoms with Gasteiger partial charge in [-0.05, 0) is 74.5 Å². The van der Waals surface area contributed by atoms with Gasteiger partial charge < -0.3 is 4.90 Å². The molecule has 1 heterocycles. The van der Waals surface area contributed by atoms with Gasteiger partial charge in [0, 0.05) is 37.0 Å². The molecule has 0 spiro atoms. The summed E-state index contributed by atoms with van der Waals surface area (Å²) in [5.41, 5.74) is 13.0. The first-order valence-electron chi connectivity index (χ1n) is 18.4. The second-order valence-corrected chi connectivity index (χ2v) is 14.7. The molecular formula is C52H35NS. The van der Waals surface area contributed by atoms with E-state index in [4.69, 9.17) is 0 Å². The number of para-hydroxylation sites is 2. The third-order valence-electron chi connectivity index (χ3n) is 10.5. The molecular weight excluding hydrogens is 671 g/mol. The highest BCUT2D eigenvalue weighted by Crippen LogP contribution is 2.48. The lowest BCUT2D eigenvalue weighted by Gasteiger charge is -2.30. The van der Waals surface area contributed by atoms with Crippen molar-refractivity contribution < 1.29 is 0 Å². The van der Waals surface area contributed by atoms with Gasteiger partial charge in [-0.15, -0.1) is 11.3 Å². The minimum Gasteiger partial charge on any atom is -0.309 e. The average Bonchev–Trinajstić information content (AvgIpc) is 3.64. The van der Waals surface area contributed by atoms with Crippen molar-refractivity contribution in [2.45, 2.75) is 0 Å². The molecule has 0 bridgehead atoms. The van der Waals surface area contributed by atoms with E-state index in [0.717, 1.165) is 17.1 Å². The number of benzene rings is 9. The van der Waals surface area contributed by atoms with Gasteiger partial charge in [-0.25, -0.2) is 0 Å². The van der Waals surface area contributed by atoms with E-state index >= 15 is 0 Å². The van der Waals surface area contributed by atoms with E-state index in [9.17, 15) is 0 Å². The average molecular weight is 706 g/mol. The molecule has 0 saturated carbocycles. The molecule has 0 fully saturated rings. The van der Waals surface area contributed by atoms with Crippen molar-refractivity contribution in [3.8, 4) is 44.5 Å². The summed E-state index contributed by atoms with van der Waals surface area (Å²) in [5.74, 6) is 0. The minimum absolute atomic E-state index is 1.10. The van der Waals surface area contributed by atoms with E-state index < -0.39 is 0 Å². The summed E-state index contributed by atoms with van der Waals surface area (Å²) in [4.78, 5) is 2.45. The molecule has 0 unspecified atom stereocenters. The fraction of sp³-hybridized carbons (Fsp3) is 0. The number of hydrogen-bond acceptors (Lipinski definition) is 2. The lowest BCUT2D eigenvalue weighted by atomic mass is 9.90. The SMILES string of the molecule is c1ccc(-c2ccccc2N(c2ccc(-c3cccc4c3sc3ccccc34)cc2)c2ccccc2-c2cccc3cccc(-c4ccccc4)c23)cc1. The Balaban J connectivity index is 1.19. The van der Waals surface area contributed by atoms with Crippen LogP contribution in [0.25, 0.3) is 75.5 Å².